The van der Waals surface area contributed by atoms with Crippen molar-refractivity contribution in [2.45, 2.75) is 24.7 Å². The van der Waals surface area contributed by atoms with Crippen LogP contribution in [0.2, 0.25) is 10.0 Å². The molecule has 112 valence electrons. The van der Waals surface area contributed by atoms with E-state index in [2.05, 4.69) is 6.92 Å². The monoisotopic (exact) mass is 337 g/mol. The van der Waals surface area contributed by atoms with Crippen molar-refractivity contribution in [2.24, 2.45) is 5.92 Å². The van der Waals surface area contributed by atoms with Crippen LogP contribution in [-0.4, -0.2) is 32.9 Å². The minimum atomic E-state index is -3.56. The summed E-state index contributed by atoms with van der Waals surface area (Å²) in [6.07, 6.45) is 1.92. The summed E-state index contributed by atoms with van der Waals surface area (Å²) in [7, 11) is -2.12. The Labute approximate surface area is 129 Å². The molecule has 0 bridgehead atoms. The quantitative estimate of drug-likeness (QED) is 0.848. The van der Waals surface area contributed by atoms with Crippen molar-refractivity contribution in [3.63, 3.8) is 0 Å². The van der Waals surface area contributed by atoms with E-state index in [0.717, 1.165) is 12.8 Å². The Morgan fingerprint density at radius 3 is 2.40 bits per heavy atom. The predicted molar refractivity (Wildman–Crippen MR) is 80.2 cm³/mol. The first-order chi connectivity index (χ1) is 9.36. The van der Waals surface area contributed by atoms with Crippen molar-refractivity contribution < 1.29 is 13.2 Å². The van der Waals surface area contributed by atoms with Gasteiger partial charge in [-0.15, -0.1) is 0 Å². The highest BCUT2D eigenvalue weighted by Crippen LogP contribution is 2.36. The van der Waals surface area contributed by atoms with Gasteiger partial charge in [0.1, 0.15) is 0 Å². The zero-order valence-corrected chi connectivity index (χ0v) is 13.7. The highest BCUT2D eigenvalue weighted by atomic mass is 35.5. The first-order valence-electron chi connectivity index (χ1n) is 6.39. The van der Waals surface area contributed by atoms with Gasteiger partial charge in [0, 0.05) is 13.1 Å². The number of methoxy groups -OCH3 is 1. The Morgan fingerprint density at radius 2 is 1.90 bits per heavy atom. The summed E-state index contributed by atoms with van der Waals surface area (Å²) in [6, 6.07) is 2.78. The van der Waals surface area contributed by atoms with Crippen LogP contribution in [-0.2, 0) is 10.0 Å². The molecule has 7 heteroatoms. The average Bonchev–Trinajstić information content (AvgIpc) is 2.38. The number of benzene rings is 1. The van der Waals surface area contributed by atoms with E-state index in [9.17, 15) is 8.42 Å². The summed E-state index contributed by atoms with van der Waals surface area (Å²) < 4.78 is 31.7. The van der Waals surface area contributed by atoms with Gasteiger partial charge in [-0.2, -0.15) is 4.31 Å². The van der Waals surface area contributed by atoms with Crippen LogP contribution in [0.5, 0.6) is 5.75 Å². The molecule has 2 rings (SSSR count). The van der Waals surface area contributed by atoms with Crippen molar-refractivity contribution in [1.82, 2.24) is 4.31 Å². The number of ether oxygens (including phenoxy) is 1. The van der Waals surface area contributed by atoms with Crippen molar-refractivity contribution >= 4 is 33.2 Å². The highest BCUT2D eigenvalue weighted by Gasteiger charge is 2.29. The molecule has 1 fully saturated rings. The van der Waals surface area contributed by atoms with Gasteiger partial charge in [-0.05, 0) is 30.9 Å². The third-order valence-electron chi connectivity index (χ3n) is 3.43. The molecule has 1 atom stereocenters. The summed E-state index contributed by atoms with van der Waals surface area (Å²) in [4.78, 5) is 0.113. The molecule has 1 aliphatic rings. The second kappa shape index (κ2) is 6.10. The molecule has 1 aromatic rings. The van der Waals surface area contributed by atoms with Gasteiger partial charge in [-0.3, -0.25) is 0 Å². The van der Waals surface area contributed by atoms with Gasteiger partial charge < -0.3 is 4.74 Å². The van der Waals surface area contributed by atoms with Crippen LogP contribution in [0.1, 0.15) is 19.8 Å². The molecule has 0 aromatic heterocycles. The summed E-state index contributed by atoms with van der Waals surface area (Å²) in [5.74, 6) is 0.655. The van der Waals surface area contributed by atoms with E-state index in [1.165, 1.54) is 23.5 Å². The van der Waals surface area contributed by atoms with Crippen molar-refractivity contribution in [1.29, 1.82) is 0 Å². The van der Waals surface area contributed by atoms with Gasteiger partial charge in [-0.1, -0.05) is 30.1 Å². The Hall–Kier alpha value is -0.490. The number of hydrogen-bond acceptors (Lipinski definition) is 3. The van der Waals surface area contributed by atoms with E-state index >= 15 is 0 Å². The Bertz CT molecular complexity index is 581. The standard InChI is InChI=1S/C13H17Cl2NO3S/c1-9-4-3-5-16(8-9)20(17,18)10-6-11(14)13(19-2)12(15)7-10/h6-7,9H,3-5,8H2,1-2H3/t9-/m0/s1. The van der Waals surface area contributed by atoms with Crippen LogP contribution in [0, 0.1) is 5.92 Å². The number of piperidine rings is 1. The van der Waals surface area contributed by atoms with Crippen molar-refractivity contribution in [3.05, 3.63) is 22.2 Å². The molecule has 0 N–H and O–H groups in total. The van der Waals surface area contributed by atoms with Gasteiger partial charge >= 0.3 is 0 Å². The molecule has 0 aliphatic carbocycles. The second-order valence-corrected chi connectivity index (χ2v) is 7.78. The maximum atomic E-state index is 12.6. The highest BCUT2D eigenvalue weighted by molar-refractivity contribution is 7.89. The van der Waals surface area contributed by atoms with Gasteiger partial charge in [-0.25, -0.2) is 8.42 Å². The molecule has 0 spiro atoms. The Balaban J connectivity index is 2.39. The van der Waals surface area contributed by atoms with Crippen LogP contribution in [0.3, 0.4) is 0 Å². The van der Waals surface area contributed by atoms with Crippen LogP contribution in [0.25, 0.3) is 0 Å². The lowest BCUT2D eigenvalue weighted by atomic mass is 10.0. The lowest BCUT2D eigenvalue weighted by Crippen LogP contribution is -2.39. The lowest BCUT2D eigenvalue weighted by molar-refractivity contribution is 0.281. The largest absolute Gasteiger partial charge is 0.494 e. The minimum absolute atomic E-state index is 0.113. The van der Waals surface area contributed by atoms with Crippen molar-refractivity contribution in [3.8, 4) is 5.75 Å². The smallest absolute Gasteiger partial charge is 0.243 e. The minimum Gasteiger partial charge on any atom is -0.494 e. The van der Waals surface area contributed by atoms with Gasteiger partial charge in [0.15, 0.2) is 5.75 Å². The number of halogens is 2. The summed E-state index contributed by atoms with van der Waals surface area (Å²) in [5.41, 5.74) is 0. The van der Waals surface area contributed by atoms with E-state index in [-0.39, 0.29) is 14.9 Å². The number of rotatable bonds is 3. The lowest BCUT2D eigenvalue weighted by Gasteiger charge is -2.30. The Kier molecular flexibility index (Phi) is 4.84. The number of sulfonamides is 1. The third-order valence-corrected chi connectivity index (χ3v) is 5.84. The van der Waals surface area contributed by atoms with E-state index in [1.807, 2.05) is 0 Å². The van der Waals surface area contributed by atoms with E-state index in [4.69, 9.17) is 27.9 Å². The van der Waals surface area contributed by atoms with E-state index in [1.54, 1.807) is 0 Å². The molecule has 20 heavy (non-hydrogen) atoms. The molecule has 0 amide bonds. The first kappa shape index (κ1) is 15.9. The van der Waals surface area contributed by atoms with Crippen molar-refractivity contribution in [2.75, 3.05) is 20.2 Å². The van der Waals surface area contributed by atoms with Crippen LogP contribution >= 0.6 is 23.2 Å². The number of hydrogen-bond donors (Lipinski definition) is 0. The number of nitrogens with zero attached hydrogens (tertiary/aromatic N) is 1. The predicted octanol–water partition coefficient (Wildman–Crippen LogP) is 3.42. The van der Waals surface area contributed by atoms with Gasteiger partial charge in [0.05, 0.1) is 22.1 Å². The zero-order valence-electron chi connectivity index (χ0n) is 11.4. The van der Waals surface area contributed by atoms with Gasteiger partial charge in [0.25, 0.3) is 0 Å². The summed E-state index contributed by atoms with van der Waals surface area (Å²) >= 11 is 12.0. The van der Waals surface area contributed by atoms with Crippen LogP contribution in [0.15, 0.2) is 17.0 Å². The SMILES string of the molecule is COc1c(Cl)cc(S(=O)(=O)N2CCC[C@H](C)C2)cc1Cl. The molecule has 0 unspecified atom stereocenters. The molecule has 1 aromatic carbocycles. The summed E-state index contributed by atoms with van der Waals surface area (Å²) in [5, 5.41) is 0.396. The maximum absolute atomic E-state index is 12.6. The second-order valence-electron chi connectivity index (χ2n) is 5.03. The molecule has 0 radical (unpaired) electrons. The Morgan fingerprint density at radius 1 is 1.30 bits per heavy atom. The molecule has 4 nitrogen and oxygen atoms in total. The van der Waals surface area contributed by atoms with Crippen LogP contribution in [0.4, 0.5) is 0 Å². The fourth-order valence-corrected chi connectivity index (χ4v) is 4.82. The topological polar surface area (TPSA) is 46.6 Å². The first-order valence-corrected chi connectivity index (χ1v) is 8.59. The average molecular weight is 338 g/mol. The molecule has 1 saturated heterocycles. The summed E-state index contributed by atoms with van der Waals surface area (Å²) in [6.45, 7) is 3.12. The van der Waals surface area contributed by atoms with E-state index in [0.29, 0.717) is 24.8 Å². The maximum Gasteiger partial charge on any atom is 0.243 e. The molecule has 0 saturated carbocycles. The zero-order chi connectivity index (χ0) is 14.9. The molecule has 1 aliphatic heterocycles. The van der Waals surface area contributed by atoms with Crippen LogP contribution < -0.4 is 4.74 Å². The molecule has 1 heterocycles. The fourth-order valence-electron chi connectivity index (χ4n) is 2.39. The van der Waals surface area contributed by atoms with Gasteiger partial charge in [0.2, 0.25) is 10.0 Å². The normalized spacial score (nSPS) is 20.9. The van der Waals surface area contributed by atoms with E-state index < -0.39 is 10.0 Å². The third kappa shape index (κ3) is 3.06. The molecular weight excluding hydrogens is 321 g/mol. The molecular formula is C13H17Cl2NO3S. The fraction of sp³-hybridized carbons (Fsp3) is 0.538.